The zero-order chi connectivity index (χ0) is 14.0. The third-order valence-corrected chi connectivity index (χ3v) is 5.54. The van der Waals surface area contributed by atoms with E-state index in [1.165, 1.54) is 4.31 Å². The van der Waals surface area contributed by atoms with Crippen molar-refractivity contribution in [3.63, 3.8) is 0 Å². The number of nitrogens with one attached hydrogen (secondary N) is 1. The van der Waals surface area contributed by atoms with E-state index in [-0.39, 0.29) is 10.8 Å². The van der Waals surface area contributed by atoms with Gasteiger partial charge in [-0.25, -0.2) is 8.42 Å². The lowest BCUT2D eigenvalue weighted by Gasteiger charge is -2.33. The number of benzene rings is 1. The first kappa shape index (κ1) is 14.5. The molecule has 1 N–H and O–H groups in total. The SMILES string of the molecule is CCC1C(=O)NCCN1S(=O)(=O)c1ccc(Br)cc1. The summed E-state index contributed by atoms with van der Waals surface area (Å²) in [4.78, 5) is 12.0. The van der Waals surface area contributed by atoms with Gasteiger partial charge in [-0.05, 0) is 30.7 Å². The molecule has 1 heterocycles. The Kier molecular flexibility index (Phi) is 4.27. The lowest BCUT2D eigenvalue weighted by Crippen LogP contribution is -2.56. The Balaban J connectivity index is 2.37. The number of rotatable bonds is 3. The summed E-state index contributed by atoms with van der Waals surface area (Å²) in [5, 5.41) is 2.69. The number of piperazine rings is 1. The molecule has 0 bridgehead atoms. The zero-order valence-corrected chi connectivity index (χ0v) is 12.9. The van der Waals surface area contributed by atoms with Crippen molar-refractivity contribution in [3.8, 4) is 0 Å². The molecule has 1 aliphatic heterocycles. The van der Waals surface area contributed by atoms with Crippen molar-refractivity contribution < 1.29 is 13.2 Å². The van der Waals surface area contributed by atoms with Gasteiger partial charge >= 0.3 is 0 Å². The molecule has 0 saturated carbocycles. The number of carbonyl (C=O) groups is 1. The summed E-state index contributed by atoms with van der Waals surface area (Å²) in [6.45, 7) is 2.47. The average molecular weight is 347 g/mol. The van der Waals surface area contributed by atoms with E-state index in [9.17, 15) is 13.2 Å². The maximum atomic E-state index is 12.5. The van der Waals surface area contributed by atoms with E-state index < -0.39 is 16.1 Å². The van der Waals surface area contributed by atoms with Gasteiger partial charge in [-0.1, -0.05) is 22.9 Å². The van der Waals surface area contributed by atoms with E-state index in [0.717, 1.165) is 4.47 Å². The van der Waals surface area contributed by atoms with Gasteiger partial charge in [-0.15, -0.1) is 0 Å². The molecule has 0 aliphatic carbocycles. The third kappa shape index (κ3) is 2.82. The summed E-state index contributed by atoms with van der Waals surface area (Å²) in [7, 11) is -3.62. The maximum Gasteiger partial charge on any atom is 0.243 e. The Hall–Kier alpha value is -0.920. The lowest BCUT2D eigenvalue weighted by molar-refractivity contribution is -0.126. The van der Waals surface area contributed by atoms with Crippen LogP contribution in [0.3, 0.4) is 0 Å². The first-order valence-electron chi connectivity index (χ1n) is 6.02. The number of carbonyl (C=O) groups excluding carboxylic acids is 1. The Morgan fingerprint density at radius 1 is 1.37 bits per heavy atom. The summed E-state index contributed by atoms with van der Waals surface area (Å²) < 4.78 is 27.2. The van der Waals surface area contributed by atoms with E-state index in [2.05, 4.69) is 21.2 Å². The van der Waals surface area contributed by atoms with Crippen LogP contribution in [0.1, 0.15) is 13.3 Å². The predicted octanol–water partition coefficient (Wildman–Crippen LogP) is 1.35. The zero-order valence-electron chi connectivity index (χ0n) is 10.5. The van der Waals surface area contributed by atoms with E-state index in [0.29, 0.717) is 19.5 Å². The van der Waals surface area contributed by atoms with Crippen molar-refractivity contribution in [2.24, 2.45) is 0 Å². The van der Waals surface area contributed by atoms with Crippen molar-refractivity contribution in [2.75, 3.05) is 13.1 Å². The quantitative estimate of drug-likeness (QED) is 0.898. The smallest absolute Gasteiger partial charge is 0.243 e. The van der Waals surface area contributed by atoms with Crippen molar-refractivity contribution in [1.29, 1.82) is 0 Å². The van der Waals surface area contributed by atoms with E-state index in [4.69, 9.17) is 0 Å². The first-order valence-corrected chi connectivity index (χ1v) is 8.25. The molecule has 5 nitrogen and oxygen atoms in total. The van der Waals surface area contributed by atoms with Gasteiger partial charge < -0.3 is 5.32 Å². The number of sulfonamides is 1. The normalized spacial score (nSPS) is 21.2. The van der Waals surface area contributed by atoms with Gasteiger partial charge in [0.15, 0.2) is 0 Å². The van der Waals surface area contributed by atoms with Gasteiger partial charge in [0.1, 0.15) is 6.04 Å². The van der Waals surface area contributed by atoms with Crippen molar-refractivity contribution in [1.82, 2.24) is 9.62 Å². The monoisotopic (exact) mass is 346 g/mol. The van der Waals surface area contributed by atoms with Crippen molar-refractivity contribution in [3.05, 3.63) is 28.7 Å². The van der Waals surface area contributed by atoms with E-state index in [1.807, 2.05) is 0 Å². The Morgan fingerprint density at radius 3 is 2.58 bits per heavy atom. The number of halogens is 1. The largest absolute Gasteiger partial charge is 0.353 e. The van der Waals surface area contributed by atoms with Crippen LogP contribution in [0.4, 0.5) is 0 Å². The molecule has 2 rings (SSSR count). The van der Waals surface area contributed by atoms with Gasteiger partial charge in [-0.2, -0.15) is 4.31 Å². The second kappa shape index (κ2) is 5.60. The van der Waals surface area contributed by atoms with Crippen LogP contribution in [0, 0.1) is 0 Å². The molecule has 0 aromatic heterocycles. The van der Waals surface area contributed by atoms with Gasteiger partial charge in [0.25, 0.3) is 0 Å². The van der Waals surface area contributed by atoms with Gasteiger partial charge in [0, 0.05) is 17.6 Å². The fourth-order valence-electron chi connectivity index (χ4n) is 2.11. The summed E-state index contributed by atoms with van der Waals surface area (Å²) in [5.41, 5.74) is 0. The summed E-state index contributed by atoms with van der Waals surface area (Å²) in [6.07, 6.45) is 0.460. The number of hydrogen-bond donors (Lipinski definition) is 1. The summed E-state index contributed by atoms with van der Waals surface area (Å²) in [5.74, 6) is -0.227. The molecule has 19 heavy (non-hydrogen) atoms. The Labute approximate surface area is 121 Å². The molecule has 1 fully saturated rings. The van der Waals surface area contributed by atoms with Crippen molar-refractivity contribution in [2.45, 2.75) is 24.3 Å². The van der Waals surface area contributed by atoms with Gasteiger partial charge in [0.05, 0.1) is 4.90 Å². The molecular formula is C12H15BrN2O3S. The highest BCUT2D eigenvalue weighted by Crippen LogP contribution is 2.22. The standard InChI is InChI=1S/C12H15BrN2O3S/c1-2-11-12(16)14-7-8-15(11)19(17,18)10-5-3-9(13)4-6-10/h3-6,11H,2,7-8H2,1H3,(H,14,16). The topological polar surface area (TPSA) is 66.5 Å². The molecular weight excluding hydrogens is 332 g/mol. The van der Waals surface area contributed by atoms with Crippen molar-refractivity contribution >= 4 is 31.9 Å². The third-order valence-electron chi connectivity index (χ3n) is 3.09. The molecule has 1 saturated heterocycles. The molecule has 7 heteroatoms. The Bertz CT molecular complexity index is 571. The van der Waals surface area contributed by atoms with E-state index >= 15 is 0 Å². The first-order chi connectivity index (χ1) is 8.96. The van der Waals surface area contributed by atoms with Crippen LogP contribution in [0.5, 0.6) is 0 Å². The number of amides is 1. The van der Waals surface area contributed by atoms with Crippen LogP contribution >= 0.6 is 15.9 Å². The molecule has 104 valence electrons. The highest BCUT2D eigenvalue weighted by atomic mass is 79.9. The summed E-state index contributed by atoms with van der Waals surface area (Å²) >= 11 is 3.27. The average Bonchev–Trinajstić information content (AvgIpc) is 2.39. The van der Waals surface area contributed by atoms with Crippen LogP contribution in [-0.4, -0.2) is 37.8 Å². The fourth-order valence-corrected chi connectivity index (χ4v) is 4.04. The summed E-state index contributed by atoms with van der Waals surface area (Å²) in [6, 6.07) is 5.81. The van der Waals surface area contributed by atoms with Crippen LogP contribution in [0.2, 0.25) is 0 Å². The molecule has 1 aromatic rings. The molecule has 1 aromatic carbocycles. The second-order valence-corrected chi connectivity index (χ2v) is 7.09. The maximum absolute atomic E-state index is 12.5. The minimum Gasteiger partial charge on any atom is -0.353 e. The minimum absolute atomic E-state index is 0.212. The second-order valence-electron chi connectivity index (χ2n) is 4.28. The van der Waals surface area contributed by atoms with Crippen LogP contribution in [-0.2, 0) is 14.8 Å². The van der Waals surface area contributed by atoms with E-state index in [1.54, 1.807) is 31.2 Å². The van der Waals surface area contributed by atoms with Crippen LogP contribution < -0.4 is 5.32 Å². The molecule has 1 unspecified atom stereocenters. The highest BCUT2D eigenvalue weighted by molar-refractivity contribution is 9.10. The minimum atomic E-state index is -3.62. The fraction of sp³-hybridized carbons (Fsp3) is 0.417. The predicted molar refractivity (Wildman–Crippen MR) is 75.1 cm³/mol. The van der Waals surface area contributed by atoms with Crippen LogP contribution in [0.25, 0.3) is 0 Å². The molecule has 1 amide bonds. The van der Waals surface area contributed by atoms with Crippen LogP contribution in [0.15, 0.2) is 33.6 Å². The Morgan fingerprint density at radius 2 is 2.00 bits per heavy atom. The van der Waals surface area contributed by atoms with Gasteiger partial charge in [0.2, 0.25) is 15.9 Å². The molecule has 0 spiro atoms. The molecule has 0 radical (unpaired) electrons. The number of hydrogen-bond acceptors (Lipinski definition) is 3. The number of nitrogens with zero attached hydrogens (tertiary/aromatic N) is 1. The molecule has 1 aliphatic rings. The highest BCUT2D eigenvalue weighted by Gasteiger charge is 2.37. The molecule has 1 atom stereocenters. The van der Waals surface area contributed by atoms with Gasteiger partial charge in [-0.3, -0.25) is 4.79 Å². The lowest BCUT2D eigenvalue weighted by atomic mass is 10.2.